The zero-order chi connectivity index (χ0) is 13.5. The number of hydrogen-bond donors (Lipinski definition) is 0. The molecule has 0 bridgehead atoms. The van der Waals surface area contributed by atoms with Gasteiger partial charge in [-0.15, -0.1) is 0 Å². The number of para-hydroxylation sites is 1. The molecule has 0 fully saturated rings. The molecule has 0 radical (unpaired) electrons. The number of rotatable bonds is 2. The summed E-state index contributed by atoms with van der Waals surface area (Å²) in [5.74, 6) is 0.974. The molecule has 1 nitrogen and oxygen atoms in total. The number of fused-ring (bicyclic) bond motifs is 1. The van der Waals surface area contributed by atoms with E-state index in [1.165, 1.54) is 21.5 Å². The molecule has 0 atom stereocenters. The van der Waals surface area contributed by atoms with Crippen LogP contribution in [0.4, 0.5) is 0 Å². The van der Waals surface area contributed by atoms with Crippen LogP contribution in [0.3, 0.4) is 0 Å². The van der Waals surface area contributed by atoms with Crippen molar-refractivity contribution < 1.29 is 4.74 Å². The second-order valence-electron chi connectivity index (χ2n) is 5.47. The molecule has 2 aromatic rings. The summed E-state index contributed by atoms with van der Waals surface area (Å²) in [7, 11) is 0.148. The van der Waals surface area contributed by atoms with Crippen molar-refractivity contribution in [2.24, 2.45) is 0 Å². The first-order valence-corrected chi connectivity index (χ1v) is 9.59. The van der Waals surface area contributed by atoms with E-state index >= 15 is 0 Å². The van der Waals surface area contributed by atoms with Gasteiger partial charge in [-0.2, -0.15) is 0 Å². The zero-order valence-electron chi connectivity index (χ0n) is 11.6. The van der Waals surface area contributed by atoms with Gasteiger partial charge in [-0.1, -0.05) is 61.6 Å². The summed E-state index contributed by atoms with van der Waals surface area (Å²) in [5.41, 5.74) is 2.62. The minimum atomic E-state index is -1.60. The highest BCUT2D eigenvalue weighted by Gasteiger charge is 2.36. The fraction of sp³-hybridized carbons (Fsp3) is 0.176. The van der Waals surface area contributed by atoms with Gasteiger partial charge in [0.2, 0.25) is 0 Å². The van der Waals surface area contributed by atoms with Crippen LogP contribution >= 0.6 is 0 Å². The van der Waals surface area contributed by atoms with Crippen molar-refractivity contribution in [2.45, 2.75) is 13.1 Å². The molecule has 0 saturated heterocycles. The van der Waals surface area contributed by atoms with E-state index in [0.717, 1.165) is 5.75 Å². The van der Waals surface area contributed by atoms with Gasteiger partial charge >= 0.3 is 0 Å². The molecule has 1 heterocycles. The molecular formula is C17H18OSi. The molecule has 0 N–H and O–H groups in total. The maximum Gasteiger partial charge on any atom is 0.125 e. The highest BCUT2D eigenvalue weighted by atomic mass is 28.3. The number of benzene rings is 2. The lowest BCUT2D eigenvalue weighted by Crippen LogP contribution is -2.40. The van der Waals surface area contributed by atoms with Crippen molar-refractivity contribution >= 4 is 24.5 Å². The Morgan fingerprint density at radius 3 is 2.32 bits per heavy atom. The summed E-state index contributed by atoms with van der Waals surface area (Å²) in [6, 6.07) is 17.1. The van der Waals surface area contributed by atoms with Gasteiger partial charge in [0.15, 0.2) is 0 Å². The van der Waals surface area contributed by atoms with Gasteiger partial charge in [0.05, 0.1) is 7.11 Å². The Morgan fingerprint density at radius 1 is 0.895 bits per heavy atom. The third kappa shape index (κ3) is 1.83. The molecule has 1 aliphatic heterocycles. The largest absolute Gasteiger partial charge is 0.496 e. The maximum absolute atomic E-state index is 5.53. The van der Waals surface area contributed by atoms with Gasteiger partial charge in [-0.25, -0.2) is 0 Å². The van der Waals surface area contributed by atoms with Gasteiger partial charge in [-0.3, -0.25) is 0 Å². The summed E-state index contributed by atoms with van der Waals surface area (Å²) in [6.07, 6.45) is 2.35. The van der Waals surface area contributed by atoms with E-state index in [9.17, 15) is 0 Å². The quantitative estimate of drug-likeness (QED) is 0.753. The molecule has 0 unspecified atom stereocenters. The molecule has 96 valence electrons. The molecule has 0 spiro atoms. The first-order chi connectivity index (χ1) is 9.14. The van der Waals surface area contributed by atoms with E-state index in [1.807, 2.05) is 12.1 Å². The molecule has 0 aliphatic carbocycles. The third-order valence-corrected chi connectivity index (χ3v) is 7.57. The predicted octanol–water partition coefficient (Wildman–Crippen LogP) is 3.70. The minimum absolute atomic E-state index is 0.974. The second-order valence-corrected chi connectivity index (χ2v) is 9.80. The number of hydrogen-bond acceptors (Lipinski definition) is 1. The Hall–Kier alpha value is -1.80. The fourth-order valence-corrected chi connectivity index (χ4v) is 6.03. The Labute approximate surface area is 115 Å². The van der Waals surface area contributed by atoms with Crippen molar-refractivity contribution in [1.29, 1.82) is 0 Å². The van der Waals surface area contributed by atoms with Crippen LogP contribution in [0.25, 0.3) is 11.3 Å². The third-order valence-electron chi connectivity index (χ3n) is 4.00. The Bertz CT molecular complexity index is 656. The van der Waals surface area contributed by atoms with Gasteiger partial charge in [0.25, 0.3) is 0 Å². The lowest BCUT2D eigenvalue weighted by molar-refractivity contribution is 0.413. The van der Waals surface area contributed by atoms with Crippen molar-refractivity contribution in [3.05, 3.63) is 59.7 Å². The van der Waals surface area contributed by atoms with Crippen molar-refractivity contribution in [3.63, 3.8) is 0 Å². The Kier molecular flexibility index (Phi) is 2.83. The lowest BCUT2D eigenvalue weighted by Gasteiger charge is -2.23. The zero-order valence-corrected chi connectivity index (χ0v) is 12.6. The average molecular weight is 266 g/mol. The van der Waals surface area contributed by atoms with E-state index < -0.39 is 8.07 Å². The molecular weight excluding hydrogens is 248 g/mol. The van der Waals surface area contributed by atoms with Crippen LogP contribution in [-0.2, 0) is 0 Å². The van der Waals surface area contributed by atoms with Crippen LogP contribution in [0.1, 0.15) is 11.1 Å². The smallest absolute Gasteiger partial charge is 0.125 e. The van der Waals surface area contributed by atoms with Crippen LogP contribution in [0.15, 0.2) is 48.5 Å². The highest BCUT2D eigenvalue weighted by Crippen LogP contribution is 2.37. The van der Waals surface area contributed by atoms with Crippen LogP contribution in [-0.4, -0.2) is 15.2 Å². The predicted molar refractivity (Wildman–Crippen MR) is 84.4 cm³/mol. The monoisotopic (exact) mass is 266 g/mol. The van der Waals surface area contributed by atoms with Crippen LogP contribution in [0.5, 0.6) is 5.75 Å². The highest BCUT2D eigenvalue weighted by molar-refractivity contribution is 7.07. The topological polar surface area (TPSA) is 9.23 Å². The Morgan fingerprint density at radius 2 is 1.58 bits per heavy atom. The van der Waals surface area contributed by atoms with Crippen LogP contribution in [0.2, 0.25) is 13.1 Å². The van der Waals surface area contributed by atoms with Crippen molar-refractivity contribution in [3.8, 4) is 5.75 Å². The van der Waals surface area contributed by atoms with Crippen molar-refractivity contribution in [2.75, 3.05) is 7.11 Å². The van der Waals surface area contributed by atoms with Crippen molar-refractivity contribution in [1.82, 2.24) is 0 Å². The first kappa shape index (κ1) is 12.2. The van der Waals surface area contributed by atoms with Gasteiger partial charge in [0.1, 0.15) is 13.8 Å². The molecule has 1 aliphatic rings. The number of ether oxygens (including phenoxy) is 1. The summed E-state index contributed by atoms with van der Waals surface area (Å²) in [6.45, 7) is 4.83. The molecule has 0 aromatic heterocycles. The second kappa shape index (κ2) is 4.39. The van der Waals surface area contributed by atoms with Gasteiger partial charge < -0.3 is 4.74 Å². The normalized spacial score (nSPS) is 15.8. The molecule has 2 heteroatoms. The van der Waals surface area contributed by atoms with Gasteiger partial charge in [-0.05, 0) is 22.0 Å². The van der Waals surface area contributed by atoms with E-state index in [0.29, 0.717) is 0 Å². The Balaban J connectivity index is 2.18. The summed E-state index contributed by atoms with van der Waals surface area (Å²) >= 11 is 0. The van der Waals surface area contributed by atoms with E-state index in [4.69, 9.17) is 4.74 Å². The molecule has 3 rings (SSSR count). The SMILES string of the molecule is COc1ccccc1C1=Cc2ccccc2[Si]1(C)C. The van der Waals surface area contributed by atoms with Crippen LogP contribution < -0.4 is 9.92 Å². The molecule has 0 saturated carbocycles. The standard InChI is InChI=1S/C17H18OSi/c1-18-15-10-6-5-9-14(15)17-12-13-8-4-7-11-16(13)19(17,2)3/h4-12H,1-3H3. The lowest BCUT2D eigenvalue weighted by atomic mass is 10.1. The van der Waals surface area contributed by atoms with Gasteiger partial charge in [0, 0.05) is 5.56 Å². The first-order valence-electron chi connectivity index (χ1n) is 6.59. The number of methoxy groups -OCH3 is 1. The molecule has 2 aromatic carbocycles. The van der Waals surface area contributed by atoms with Crippen LogP contribution in [0, 0.1) is 0 Å². The summed E-state index contributed by atoms with van der Waals surface area (Å²) < 4.78 is 5.53. The molecule has 0 amide bonds. The average Bonchev–Trinajstić information content (AvgIpc) is 2.71. The summed E-state index contributed by atoms with van der Waals surface area (Å²) in [5, 5.41) is 2.99. The fourth-order valence-electron chi connectivity index (χ4n) is 2.95. The minimum Gasteiger partial charge on any atom is -0.496 e. The van der Waals surface area contributed by atoms with E-state index in [1.54, 1.807) is 7.11 Å². The van der Waals surface area contributed by atoms with E-state index in [2.05, 4.69) is 55.6 Å². The maximum atomic E-state index is 5.53. The van der Waals surface area contributed by atoms with E-state index in [-0.39, 0.29) is 0 Å². The molecule has 19 heavy (non-hydrogen) atoms. The summed E-state index contributed by atoms with van der Waals surface area (Å²) in [4.78, 5) is 0.